The Morgan fingerprint density at radius 3 is 2.79 bits per heavy atom. The first kappa shape index (κ1) is 14.5. The fraction of sp³-hybridized carbons (Fsp3) is 0.429. The van der Waals surface area contributed by atoms with Gasteiger partial charge in [-0.2, -0.15) is 4.37 Å². The van der Waals surface area contributed by atoms with E-state index in [4.69, 9.17) is 5.73 Å². The maximum atomic E-state index is 5.83. The van der Waals surface area contributed by atoms with Crippen molar-refractivity contribution in [3.63, 3.8) is 0 Å². The summed E-state index contributed by atoms with van der Waals surface area (Å²) in [7, 11) is 0. The van der Waals surface area contributed by atoms with Crippen molar-refractivity contribution in [1.29, 1.82) is 0 Å². The Morgan fingerprint density at radius 2 is 2.21 bits per heavy atom. The number of hydrogen-bond donors (Lipinski definition) is 1. The lowest BCUT2D eigenvalue weighted by atomic mass is 10.1. The summed E-state index contributed by atoms with van der Waals surface area (Å²) in [5.41, 5.74) is 8.40. The van der Waals surface area contributed by atoms with Crippen LogP contribution in [0.3, 0.4) is 0 Å². The molecule has 2 rings (SSSR count). The zero-order valence-corrected chi connectivity index (χ0v) is 13.1. The van der Waals surface area contributed by atoms with E-state index in [0.717, 1.165) is 23.0 Å². The monoisotopic (exact) mass is 293 g/mol. The van der Waals surface area contributed by atoms with Gasteiger partial charge in [0.05, 0.1) is 0 Å². The first-order valence-electron chi connectivity index (χ1n) is 6.44. The Bertz CT molecular complexity index is 549. The van der Waals surface area contributed by atoms with E-state index in [1.54, 1.807) is 11.8 Å². The lowest BCUT2D eigenvalue weighted by Gasteiger charge is -2.08. The summed E-state index contributed by atoms with van der Waals surface area (Å²) in [6, 6.07) is 6.73. The van der Waals surface area contributed by atoms with Crippen LogP contribution in [0, 0.1) is 6.92 Å². The van der Waals surface area contributed by atoms with Crippen molar-refractivity contribution in [2.45, 2.75) is 48.9 Å². The Morgan fingerprint density at radius 1 is 1.42 bits per heavy atom. The molecule has 2 N–H and O–H groups in total. The fourth-order valence-corrected chi connectivity index (χ4v) is 3.57. The number of aromatic nitrogens is 2. The topological polar surface area (TPSA) is 51.8 Å². The van der Waals surface area contributed by atoms with Crippen LogP contribution in [0.25, 0.3) is 0 Å². The van der Waals surface area contributed by atoms with Gasteiger partial charge in [-0.15, -0.1) is 0 Å². The first-order valence-corrected chi connectivity index (χ1v) is 8.03. The predicted octanol–water partition coefficient (Wildman–Crippen LogP) is 3.45. The molecule has 0 aliphatic rings. The van der Waals surface area contributed by atoms with E-state index in [-0.39, 0.29) is 6.04 Å². The van der Waals surface area contributed by atoms with Crippen molar-refractivity contribution in [2.24, 2.45) is 5.73 Å². The molecule has 2 aromatic rings. The molecule has 0 bridgehead atoms. The van der Waals surface area contributed by atoms with Crippen LogP contribution >= 0.6 is 23.3 Å². The van der Waals surface area contributed by atoms with Crippen LogP contribution in [0.1, 0.15) is 30.8 Å². The fourth-order valence-electron chi connectivity index (χ4n) is 1.84. The highest BCUT2D eigenvalue weighted by Crippen LogP contribution is 2.32. The Labute approximate surface area is 122 Å². The maximum Gasteiger partial charge on any atom is 0.174 e. The van der Waals surface area contributed by atoms with Gasteiger partial charge in [0.1, 0.15) is 5.82 Å². The molecule has 1 aromatic heterocycles. The SMILES string of the molecule is CCc1nsc(Sc2ccc(CC(C)N)cc2C)n1. The number of nitrogens with two attached hydrogens (primary N) is 1. The van der Waals surface area contributed by atoms with Crippen molar-refractivity contribution >= 4 is 23.3 Å². The molecular formula is C14H19N3S2. The van der Waals surface area contributed by atoms with Crippen LogP contribution in [0.4, 0.5) is 0 Å². The molecule has 1 unspecified atom stereocenters. The number of benzene rings is 1. The summed E-state index contributed by atoms with van der Waals surface area (Å²) in [5.74, 6) is 0.929. The van der Waals surface area contributed by atoms with Gasteiger partial charge < -0.3 is 5.73 Å². The molecule has 1 aromatic carbocycles. The van der Waals surface area contributed by atoms with Gasteiger partial charge in [0.2, 0.25) is 0 Å². The van der Waals surface area contributed by atoms with Gasteiger partial charge in [0, 0.05) is 17.4 Å². The average Bonchev–Trinajstić information content (AvgIpc) is 2.80. The molecule has 0 radical (unpaired) electrons. The molecule has 5 heteroatoms. The average molecular weight is 293 g/mol. The van der Waals surface area contributed by atoms with Crippen LogP contribution < -0.4 is 5.73 Å². The van der Waals surface area contributed by atoms with Crippen LogP contribution in [-0.2, 0) is 12.8 Å². The minimum Gasteiger partial charge on any atom is -0.328 e. The molecular weight excluding hydrogens is 274 g/mol. The van der Waals surface area contributed by atoms with Gasteiger partial charge in [-0.05, 0) is 49.0 Å². The third-order valence-corrected chi connectivity index (χ3v) is 4.73. The zero-order chi connectivity index (χ0) is 13.8. The first-order chi connectivity index (χ1) is 9.08. The van der Waals surface area contributed by atoms with E-state index in [2.05, 4.69) is 41.4 Å². The second-order valence-corrected chi connectivity index (χ2v) is 6.75. The van der Waals surface area contributed by atoms with E-state index in [1.165, 1.54) is 27.6 Å². The van der Waals surface area contributed by atoms with Crippen LogP contribution in [0.5, 0.6) is 0 Å². The van der Waals surface area contributed by atoms with Crippen molar-refractivity contribution in [3.8, 4) is 0 Å². The van der Waals surface area contributed by atoms with Crippen molar-refractivity contribution in [3.05, 3.63) is 35.2 Å². The van der Waals surface area contributed by atoms with E-state index < -0.39 is 0 Å². The van der Waals surface area contributed by atoms with E-state index >= 15 is 0 Å². The largest absolute Gasteiger partial charge is 0.328 e. The van der Waals surface area contributed by atoms with Crippen LogP contribution in [-0.4, -0.2) is 15.4 Å². The van der Waals surface area contributed by atoms with Gasteiger partial charge in [0.15, 0.2) is 4.34 Å². The second-order valence-electron chi connectivity index (χ2n) is 4.71. The Hall–Kier alpha value is -0.910. The molecule has 0 saturated carbocycles. The quantitative estimate of drug-likeness (QED) is 0.917. The summed E-state index contributed by atoms with van der Waals surface area (Å²) in [5, 5.41) is 0. The Kier molecular flexibility index (Phi) is 4.96. The van der Waals surface area contributed by atoms with Gasteiger partial charge >= 0.3 is 0 Å². The lowest BCUT2D eigenvalue weighted by Crippen LogP contribution is -2.17. The molecule has 1 heterocycles. The van der Waals surface area contributed by atoms with Gasteiger partial charge in [-0.1, -0.05) is 30.8 Å². The molecule has 0 amide bonds. The number of aryl methyl sites for hydroxylation is 2. The summed E-state index contributed by atoms with van der Waals surface area (Å²) in [6.45, 7) is 6.24. The van der Waals surface area contributed by atoms with Gasteiger partial charge in [-0.3, -0.25) is 0 Å². The highest BCUT2D eigenvalue weighted by atomic mass is 32.2. The van der Waals surface area contributed by atoms with E-state index in [0.29, 0.717) is 0 Å². The molecule has 3 nitrogen and oxygen atoms in total. The Balaban J connectivity index is 2.12. The standard InChI is InChI=1S/C14H19N3S2/c1-4-13-16-14(19-17-13)18-12-6-5-11(7-9(12)2)8-10(3)15/h5-7,10H,4,8,15H2,1-3H3. The summed E-state index contributed by atoms with van der Waals surface area (Å²) >= 11 is 3.17. The van der Waals surface area contributed by atoms with Crippen molar-refractivity contribution in [1.82, 2.24) is 9.36 Å². The predicted molar refractivity (Wildman–Crippen MR) is 81.9 cm³/mol. The lowest BCUT2D eigenvalue weighted by molar-refractivity contribution is 0.737. The third-order valence-electron chi connectivity index (χ3n) is 2.76. The molecule has 0 spiro atoms. The van der Waals surface area contributed by atoms with Crippen LogP contribution in [0.15, 0.2) is 27.4 Å². The van der Waals surface area contributed by atoms with E-state index in [9.17, 15) is 0 Å². The molecule has 0 aliphatic heterocycles. The van der Waals surface area contributed by atoms with Gasteiger partial charge in [-0.25, -0.2) is 4.98 Å². The normalized spacial score (nSPS) is 12.6. The number of rotatable bonds is 5. The molecule has 102 valence electrons. The minimum absolute atomic E-state index is 0.202. The highest BCUT2D eigenvalue weighted by Gasteiger charge is 2.08. The third kappa shape index (κ3) is 4.03. The molecule has 0 fully saturated rings. The van der Waals surface area contributed by atoms with E-state index in [1.807, 2.05) is 6.92 Å². The van der Waals surface area contributed by atoms with Crippen molar-refractivity contribution in [2.75, 3.05) is 0 Å². The molecule has 19 heavy (non-hydrogen) atoms. The number of hydrogen-bond acceptors (Lipinski definition) is 5. The summed E-state index contributed by atoms with van der Waals surface area (Å²) < 4.78 is 5.32. The maximum absolute atomic E-state index is 5.83. The second kappa shape index (κ2) is 6.50. The molecule has 0 saturated heterocycles. The zero-order valence-electron chi connectivity index (χ0n) is 11.5. The van der Waals surface area contributed by atoms with Crippen LogP contribution in [0.2, 0.25) is 0 Å². The smallest absolute Gasteiger partial charge is 0.174 e. The molecule has 1 atom stereocenters. The van der Waals surface area contributed by atoms with Gasteiger partial charge in [0.25, 0.3) is 0 Å². The van der Waals surface area contributed by atoms with Crippen molar-refractivity contribution < 1.29 is 0 Å². The highest BCUT2D eigenvalue weighted by molar-refractivity contribution is 8.01. The summed E-state index contributed by atoms with van der Waals surface area (Å²) in [4.78, 5) is 5.73. The number of nitrogens with zero attached hydrogens (tertiary/aromatic N) is 2. The minimum atomic E-state index is 0.202. The molecule has 0 aliphatic carbocycles. The summed E-state index contributed by atoms with van der Waals surface area (Å²) in [6.07, 6.45) is 1.81.